The van der Waals surface area contributed by atoms with E-state index in [1.54, 1.807) is 12.1 Å². The summed E-state index contributed by atoms with van der Waals surface area (Å²) in [5.74, 6) is 5.27. The lowest BCUT2D eigenvalue weighted by atomic mass is 9.67. The van der Waals surface area contributed by atoms with Crippen LogP contribution < -0.4 is 25.2 Å². The minimum Gasteiger partial charge on any atom is -0.457 e. The minimum atomic E-state index is -1.36. The zero-order valence-electron chi connectivity index (χ0n) is 20.3. The fourth-order valence-corrected chi connectivity index (χ4v) is 5.06. The highest BCUT2D eigenvalue weighted by atomic mass is 16.5. The molecule has 1 heterocycles. The van der Waals surface area contributed by atoms with Crippen LogP contribution in [0.25, 0.3) is 0 Å². The molecule has 2 N–H and O–H groups in total. The van der Waals surface area contributed by atoms with E-state index in [0.29, 0.717) is 33.8 Å². The van der Waals surface area contributed by atoms with Gasteiger partial charge in [-0.25, -0.2) is 0 Å². The molecule has 0 atom stereocenters. The second-order valence-corrected chi connectivity index (χ2v) is 9.17. The summed E-state index contributed by atoms with van der Waals surface area (Å²) in [4.78, 5) is 45.7. The van der Waals surface area contributed by atoms with Crippen molar-refractivity contribution in [2.24, 2.45) is 10.9 Å². The molecule has 1 aliphatic carbocycles. The van der Waals surface area contributed by atoms with Crippen LogP contribution in [-0.2, 0) is 5.41 Å². The van der Waals surface area contributed by atoms with Gasteiger partial charge >= 0.3 is 5.71 Å². The van der Waals surface area contributed by atoms with Gasteiger partial charge in [-0.1, -0.05) is 18.2 Å². The predicted octanol–water partition coefficient (Wildman–Crippen LogP) is 2.86. The van der Waals surface area contributed by atoms with Gasteiger partial charge < -0.3 is 20.4 Å². The van der Waals surface area contributed by atoms with Crippen LogP contribution in [0.15, 0.2) is 59.7 Å². The summed E-state index contributed by atoms with van der Waals surface area (Å²) < 4.78 is 6.38. The number of carbonyl (C=O) groups excluding carboxylic acids is 2. The fraction of sp³-hybridized carbons (Fsp3) is 0.185. The molecule has 0 amide bonds. The van der Waals surface area contributed by atoms with Crippen molar-refractivity contribution in [1.29, 1.82) is 0 Å². The minimum absolute atomic E-state index is 0.171. The fourth-order valence-electron chi connectivity index (χ4n) is 5.06. The second kappa shape index (κ2) is 8.18. The van der Waals surface area contributed by atoms with Crippen LogP contribution in [0.5, 0.6) is 11.5 Å². The summed E-state index contributed by atoms with van der Waals surface area (Å²) in [6, 6.07) is 15.9. The Labute approximate surface area is 207 Å². The number of ether oxygens (including phenoxy) is 1. The van der Waals surface area contributed by atoms with Crippen LogP contribution >= 0.6 is 0 Å². The molecule has 0 unspecified atom stereocenters. The van der Waals surface area contributed by atoms with Crippen LogP contribution in [0, 0.1) is 4.91 Å². The largest absolute Gasteiger partial charge is 0.457 e. The zero-order valence-corrected chi connectivity index (χ0v) is 20.3. The van der Waals surface area contributed by atoms with E-state index in [1.165, 1.54) is 6.07 Å². The number of rotatable bonds is 4. The number of hydrogen-bond acceptors (Lipinski definition) is 8. The molecule has 0 bridgehead atoms. The molecule has 9 nitrogen and oxygen atoms in total. The van der Waals surface area contributed by atoms with E-state index in [-0.39, 0.29) is 11.3 Å². The van der Waals surface area contributed by atoms with Crippen molar-refractivity contribution < 1.29 is 14.3 Å². The first-order chi connectivity index (χ1) is 17.2. The number of hydrazone groups is 1. The molecule has 36 heavy (non-hydrogen) atoms. The highest BCUT2D eigenvalue weighted by Gasteiger charge is 2.64. The van der Waals surface area contributed by atoms with Gasteiger partial charge in [0.2, 0.25) is 10.6 Å². The third-order valence-corrected chi connectivity index (χ3v) is 6.80. The van der Waals surface area contributed by atoms with Gasteiger partial charge in [0.25, 0.3) is 5.78 Å². The Bertz CT molecular complexity index is 1480. The topological polar surface area (TPSA) is 119 Å². The molecule has 3 aromatic rings. The maximum atomic E-state index is 13.6. The molecule has 0 saturated heterocycles. The van der Waals surface area contributed by atoms with Gasteiger partial charge in [-0.2, -0.15) is 5.10 Å². The molecule has 9 heteroatoms. The summed E-state index contributed by atoms with van der Waals surface area (Å²) in [5, 5.41) is 3.34. The van der Waals surface area contributed by atoms with Crippen LogP contribution in [0.3, 0.4) is 0 Å². The lowest BCUT2D eigenvalue weighted by Crippen LogP contribution is -2.40. The van der Waals surface area contributed by atoms with E-state index in [4.69, 9.17) is 10.6 Å². The van der Waals surface area contributed by atoms with Gasteiger partial charge in [0.05, 0.1) is 6.21 Å². The maximum absolute atomic E-state index is 13.6. The average Bonchev–Trinajstić information content (AvgIpc) is 3.11. The van der Waals surface area contributed by atoms with Gasteiger partial charge in [0, 0.05) is 74.0 Å². The zero-order chi connectivity index (χ0) is 25.8. The maximum Gasteiger partial charge on any atom is 0.439 e. The van der Waals surface area contributed by atoms with Gasteiger partial charge in [0.15, 0.2) is 10.3 Å². The highest BCUT2D eigenvalue weighted by Crippen LogP contribution is 2.57. The van der Waals surface area contributed by atoms with E-state index in [1.807, 2.05) is 74.4 Å². The normalized spacial score (nSPS) is 14.7. The van der Waals surface area contributed by atoms with E-state index in [2.05, 4.69) is 9.95 Å². The number of nitroso groups, excluding NO2 is 1. The van der Waals surface area contributed by atoms with Crippen molar-refractivity contribution in [1.82, 2.24) is 4.85 Å². The van der Waals surface area contributed by atoms with E-state index in [0.717, 1.165) is 17.6 Å². The third kappa shape index (κ3) is 3.07. The number of nitrogens with two attached hydrogens (primary N) is 1. The quantitative estimate of drug-likeness (QED) is 0.200. The summed E-state index contributed by atoms with van der Waals surface area (Å²) in [5.41, 5.74) is 2.49. The van der Waals surface area contributed by atoms with Gasteiger partial charge in [-0.05, 0) is 29.8 Å². The Hall–Kier alpha value is -4.75. The lowest BCUT2D eigenvalue weighted by Gasteiger charge is -2.35. The Kier molecular flexibility index (Phi) is 5.23. The molecule has 0 aromatic heterocycles. The molecule has 0 radical (unpaired) electrons. The summed E-state index contributed by atoms with van der Waals surface area (Å²) in [6.07, 6.45) is 1.01. The summed E-state index contributed by atoms with van der Waals surface area (Å²) in [6.45, 7) is 0. The Morgan fingerprint density at radius 2 is 1.50 bits per heavy atom. The smallest absolute Gasteiger partial charge is 0.439 e. The van der Waals surface area contributed by atoms with Crippen LogP contribution in [-0.4, -0.2) is 51.7 Å². The first-order valence-corrected chi connectivity index (χ1v) is 11.2. The standard InChI is InChI=1S/C27H23N5O4/c1-31(2)16-6-9-19-23(12-16)36-24-13-17(32(3)4)7-10-20(24)27(19)21-11-15(22(33)14-29-28)5-8-18(21)25(34)26(27)30-35/h5-14,28H,1-4H3/p+1. The van der Waals surface area contributed by atoms with Crippen molar-refractivity contribution in [2.45, 2.75) is 5.41 Å². The molecule has 0 fully saturated rings. The molecule has 2 aliphatic rings. The van der Waals surface area contributed by atoms with Crippen LogP contribution in [0.1, 0.15) is 37.4 Å². The van der Waals surface area contributed by atoms with Crippen LogP contribution in [0.2, 0.25) is 0 Å². The molecule has 1 aliphatic heterocycles. The van der Waals surface area contributed by atoms with Crippen LogP contribution in [0.4, 0.5) is 11.4 Å². The van der Waals surface area contributed by atoms with E-state index >= 15 is 0 Å². The number of anilines is 2. The molecule has 1 spiro atoms. The van der Waals surface area contributed by atoms with Crippen molar-refractivity contribution >= 4 is 34.9 Å². The number of Topliss-reactive ketones (excluding diaryl/α,β-unsaturated/α-hetero) is 2. The lowest BCUT2D eigenvalue weighted by molar-refractivity contribution is 0.105. The predicted molar refractivity (Wildman–Crippen MR) is 140 cm³/mol. The monoisotopic (exact) mass is 482 g/mol. The SMILES string of the molecule is CN(C)c1ccc2c(c1)Oc1cc(N(C)C)ccc1C21C(=[N+]=O)C(=O)c2ccc(C(=O)C=NN)cc21. The Morgan fingerprint density at radius 1 is 0.917 bits per heavy atom. The first-order valence-electron chi connectivity index (χ1n) is 11.2. The molecule has 5 rings (SSSR count). The average molecular weight is 483 g/mol. The summed E-state index contributed by atoms with van der Waals surface area (Å²) >= 11 is 0. The van der Waals surface area contributed by atoms with Gasteiger partial charge in [0.1, 0.15) is 11.5 Å². The number of ketones is 2. The first kappa shape index (κ1) is 23.0. The summed E-state index contributed by atoms with van der Waals surface area (Å²) in [7, 11) is 7.64. The second-order valence-electron chi connectivity index (χ2n) is 9.17. The molecule has 0 saturated carbocycles. The van der Waals surface area contributed by atoms with E-state index < -0.39 is 17.0 Å². The Balaban J connectivity index is 1.92. The van der Waals surface area contributed by atoms with Crippen molar-refractivity contribution in [2.75, 3.05) is 38.0 Å². The molecule has 180 valence electrons. The molecular weight excluding hydrogens is 458 g/mol. The Morgan fingerprint density at radius 3 is 2.00 bits per heavy atom. The number of hydrogen-bond donors (Lipinski definition) is 1. The third-order valence-electron chi connectivity index (χ3n) is 6.80. The number of nitrogens with zero attached hydrogens (tertiary/aromatic N) is 4. The van der Waals surface area contributed by atoms with E-state index in [9.17, 15) is 14.5 Å². The molecule has 3 aromatic carbocycles. The van der Waals surface area contributed by atoms with Gasteiger partial charge in [-0.3, -0.25) is 9.59 Å². The number of carbonyl (C=O) groups is 2. The highest BCUT2D eigenvalue weighted by molar-refractivity contribution is 6.53. The van der Waals surface area contributed by atoms with Crippen molar-refractivity contribution in [3.05, 3.63) is 87.3 Å². The number of fused-ring (bicyclic) bond motifs is 6. The molecular formula is C27H24N5O4+. The van der Waals surface area contributed by atoms with Crippen molar-refractivity contribution in [3.8, 4) is 11.5 Å². The van der Waals surface area contributed by atoms with Gasteiger partial charge in [-0.15, -0.1) is 0 Å². The number of benzene rings is 3. The van der Waals surface area contributed by atoms with Crippen molar-refractivity contribution in [3.63, 3.8) is 0 Å².